The molecule has 5 nitrogen and oxygen atoms in total. The molecule has 1 amide bonds. The van der Waals surface area contributed by atoms with E-state index in [0.717, 1.165) is 18.6 Å². The highest BCUT2D eigenvalue weighted by Gasteiger charge is 2.10. The Morgan fingerprint density at radius 1 is 1.12 bits per heavy atom. The monoisotopic (exact) mass is 349 g/mol. The predicted octanol–water partition coefficient (Wildman–Crippen LogP) is 3.58. The molecule has 1 N–H and O–H groups in total. The number of halogens is 2. The number of nitrogens with one attached hydrogen (secondary N) is 1. The van der Waals surface area contributed by atoms with Gasteiger partial charge in [-0.25, -0.2) is 8.78 Å². The van der Waals surface area contributed by atoms with Crippen molar-refractivity contribution in [3.8, 4) is 11.5 Å². The first kappa shape index (κ1) is 18.4. The number of aldehydes is 1. The third-order valence-corrected chi connectivity index (χ3v) is 3.15. The average molecular weight is 349 g/mol. The minimum atomic E-state index is -1.07. The maximum absolute atomic E-state index is 13.1. The van der Waals surface area contributed by atoms with Crippen molar-refractivity contribution in [1.82, 2.24) is 0 Å². The molecule has 0 fully saturated rings. The fourth-order valence-corrected chi connectivity index (χ4v) is 1.96. The van der Waals surface area contributed by atoms with E-state index >= 15 is 0 Å². The number of amides is 1. The molecule has 2 rings (SSSR count). The lowest BCUT2D eigenvalue weighted by Crippen LogP contribution is -2.20. The van der Waals surface area contributed by atoms with Crippen LogP contribution < -0.4 is 14.8 Å². The van der Waals surface area contributed by atoms with Crippen molar-refractivity contribution >= 4 is 17.9 Å². The van der Waals surface area contributed by atoms with Crippen LogP contribution in [0.3, 0.4) is 0 Å². The quantitative estimate of drug-likeness (QED) is 0.740. The van der Waals surface area contributed by atoms with Crippen molar-refractivity contribution in [2.45, 2.75) is 13.3 Å². The van der Waals surface area contributed by atoms with Crippen LogP contribution in [0.15, 0.2) is 36.4 Å². The van der Waals surface area contributed by atoms with E-state index in [0.29, 0.717) is 18.6 Å². The van der Waals surface area contributed by atoms with Gasteiger partial charge in [-0.05, 0) is 30.7 Å². The Morgan fingerprint density at radius 2 is 1.92 bits per heavy atom. The number of anilines is 1. The number of benzene rings is 2. The van der Waals surface area contributed by atoms with Crippen LogP contribution in [0.5, 0.6) is 11.5 Å². The molecule has 0 bridgehead atoms. The largest absolute Gasteiger partial charge is 0.493 e. The Balaban J connectivity index is 2.00. The summed E-state index contributed by atoms with van der Waals surface area (Å²) in [4.78, 5) is 22.9. The van der Waals surface area contributed by atoms with Gasteiger partial charge in [0.2, 0.25) is 0 Å². The molecule has 0 aliphatic rings. The van der Waals surface area contributed by atoms with E-state index in [1.807, 2.05) is 6.92 Å². The van der Waals surface area contributed by atoms with Crippen molar-refractivity contribution in [3.05, 3.63) is 53.6 Å². The normalized spacial score (nSPS) is 10.2. The summed E-state index contributed by atoms with van der Waals surface area (Å²) in [6.45, 7) is 2.06. The van der Waals surface area contributed by atoms with Crippen molar-refractivity contribution < 1.29 is 27.8 Å². The van der Waals surface area contributed by atoms with E-state index < -0.39 is 24.1 Å². The average Bonchev–Trinajstić information content (AvgIpc) is 2.61. The minimum Gasteiger partial charge on any atom is -0.493 e. The second-order valence-electron chi connectivity index (χ2n) is 5.13. The third kappa shape index (κ3) is 5.27. The molecule has 0 atom stereocenters. The van der Waals surface area contributed by atoms with Crippen LogP contribution in [-0.4, -0.2) is 25.4 Å². The van der Waals surface area contributed by atoms with Gasteiger partial charge in [-0.2, -0.15) is 0 Å². The summed E-state index contributed by atoms with van der Waals surface area (Å²) in [5.41, 5.74) is 0.368. The van der Waals surface area contributed by atoms with Crippen molar-refractivity contribution in [3.63, 3.8) is 0 Å². The van der Waals surface area contributed by atoms with Crippen LogP contribution in [-0.2, 0) is 4.79 Å². The molecule has 2 aromatic rings. The van der Waals surface area contributed by atoms with Gasteiger partial charge in [0.05, 0.1) is 12.2 Å². The number of hydrogen-bond acceptors (Lipinski definition) is 4. The zero-order valence-corrected chi connectivity index (χ0v) is 13.6. The van der Waals surface area contributed by atoms with Crippen molar-refractivity contribution in [1.29, 1.82) is 0 Å². The molecular formula is C18H17F2NO4. The first-order valence-corrected chi connectivity index (χ1v) is 7.63. The summed E-state index contributed by atoms with van der Waals surface area (Å²) in [5.74, 6) is -1.94. The fraction of sp³-hybridized carbons (Fsp3) is 0.222. The van der Waals surface area contributed by atoms with E-state index in [4.69, 9.17) is 9.47 Å². The van der Waals surface area contributed by atoms with Gasteiger partial charge in [0, 0.05) is 17.8 Å². The first-order chi connectivity index (χ1) is 12.0. The maximum atomic E-state index is 13.1. The van der Waals surface area contributed by atoms with E-state index in [1.54, 1.807) is 6.07 Å². The Labute approximate surface area is 143 Å². The highest BCUT2D eigenvalue weighted by molar-refractivity contribution is 5.92. The third-order valence-electron chi connectivity index (χ3n) is 3.15. The molecule has 7 heteroatoms. The minimum absolute atomic E-state index is 0.100. The van der Waals surface area contributed by atoms with Gasteiger partial charge >= 0.3 is 0 Å². The molecule has 0 aliphatic heterocycles. The molecule has 0 radical (unpaired) electrons. The van der Waals surface area contributed by atoms with Crippen LogP contribution in [0.2, 0.25) is 0 Å². The zero-order chi connectivity index (χ0) is 18.2. The van der Waals surface area contributed by atoms with Crippen LogP contribution in [0, 0.1) is 11.6 Å². The maximum Gasteiger partial charge on any atom is 0.262 e. The molecule has 25 heavy (non-hydrogen) atoms. The Bertz CT molecular complexity index is 765. The van der Waals surface area contributed by atoms with Crippen LogP contribution >= 0.6 is 0 Å². The number of ether oxygens (including phenoxy) is 2. The second kappa shape index (κ2) is 8.77. The predicted molar refractivity (Wildman–Crippen MR) is 88.1 cm³/mol. The fourth-order valence-electron chi connectivity index (χ4n) is 1.96. The topological polar surface area (TPSA) is 64.6 Å². The lowest BCUT2D eigenvalue weighted by molar-refractivity contribution is -0.118. The molecule has 2 aromatic carbocycles. The summed E-state index contributed by atoms with van der Waals surface area (Å²) in [7, 11) is 0. The smallest absolute Gasteiger partial charge is 0.262 e. The molecule has 0 spiro atoms. The number of carbonyl (C=O) groups excluding carboxylic acids is 2. The molecule has 0 saturated carbocycles. The SMILES string of the molecule is CCCOc1ccc(C=O)c(OCC(=O)Nc2ccc(F)c(F)c2)c1. The highest BCUT2D eigenvalue weighted by Crippen LogP contribution is 2.24. The number of hydrogen-bond donors (Lipinski definition) is 1. The van der Waals surface area contributed by atoms with Gasteiger partial charge in [-0.3, -0.25) is 9.59 Å². The summed E-state index contributed by atoms with van der Waals surface area (Å²) >= 11 is 0. The molecular weight excluding hydrogens is 332 g/mol. The van der Waals surface area contributed by atoms with E-state index in [1.165, 1.54) is 18.2 Å². The Hall–Kier alpha value is -2.96. The number of carbonyl (C=O) groups is 2. The second-order valence-corrected chi connectivity index (χ2v) is 5.13. The molecule has 0 saturated heterocycles. The Kier molecular flexibility index (Phi) is 6.45. The zero-order valence-electron chi connectivity index (χ0n) is 13.6. The summed E-state index contributed by atoms with van der Waals surface area (Å²) in [6, 6.07) is 7.68. The van der Waals surface area contributed by atoms with E-state index in [9.17, 15) is 18.4 Å². The highest BCUT2D eigenvalue weighted by atomic mass is 19.2. The molecule has 0 aliphatic carbocycles. The van der Waals surface area contributed by atoms with Gasteiger partial charge in [0.1, 0.15) is 11.5 Å². The lowest BCUT2D eigenvalue weighted by Gasteiger charge is -2.11. The van der Waals surface area contributed by atoms with Gasteiger partial charge < -0.3 is 14.8 Å². The molecule has 0 unspecified atom stereocenters. The summed E-state index contributed by atoms with van der Waals surface area (Å²) in [5, 5.41) is 2.38. The first-order valence-electron chi connectivity index (χ1n) is 7.63. The van der Waals surface area contributed by atoms with Gasteiger partial charge in [-0.1, -0.05) is 6.92 Å². The van der Waals surface area contributed by atoms with E-state index in [2.05, 4.69) is 5.32 Å². The summed E-state index contributed by atoms with van der Waals surface area (Å²) < 4.78 is 36.8. The van der Waals surface area contributed by atoms with Crippen molar-refractivity contribution in [2.75, 3.05) is 18.5 Å². The van der Waals surface area contributed by atoms with Crippen LogP contribution in [0.1, 0.15) is 23.7 Å². The number of rotatable bonds is 8. The van der Waals surface area contributed by atoms with E-state index in [-0.39, 0.29) is 17.0 Å². The lowest BCUT2D eigenvalue weighted by atomic mass is 10.2. The van der Waals surface area contributed by atoms with Crippen LogP contribution in [0.4, 0.5) is 14.5 Å². The molecule has 0 aromatic heterocycles. The molecule has 132 valence electrons. The Morgan fingerprint density at radius 3 is 2.60 bits per heavy atom. The van der Waals surface area contributed by atoms with Gasteiger partial charge in [0.25, 0.3) is 5.91 Å². The molecule has 0 heterocycles. The standard InChI is InChI=1S/C18H17F2NO4/c1-2-7-24-14-5-3-12(10-22)17(9-14)25-11-18(23)21-13-4-6-15(19)16(20)8-13/h3-6,8-10H,2,7,11H2,1H3,(H,21,23). The van der Waals surface area contributed by atoms with Crippen LogP contribution in [0.25, 0.3) is 0 Å². The van der Waals surface area contributed by atoms with Gasteiger partial charge in [0.15, 0.2) is 24.5 Å². The van der Waals surface area contributed by atoms with Gasteiger partial charge in [-0.15, -0.1) is 0 Å². The summed E-state index contributed by atoms with van der Waals surface area (Å²) in [6.07, 6.45) is 1.43. The van der Waals surface area contributed by atoms with Crippen molar-refractivity contribution in [2.24, 2.45) is 0 Å².